The van der Waals surface area contributed by atoms with E-state index in [4.69, 9.17) is 0 Å². The SMILES string of the molecule is CC(C)N1CCCCC1c1ccc(SC(C)(C)C)nc1. The lowest BCUT2D eigenvalue weighted by molar-refractivity contribution is 0.112. The minimum absolute atomic E-state index is 0.226. The van der Waals surface area contributed by atoms with Gasteiger partial charge in [0, 0.05) is 23.0 Å². The highest BCUT2D eigenvalue weighted by atomic mass is 32.2. The van der Waals surface area contributed by atoms with Gasteiger partial charge in [-0.2, -0.15) is 0 Å². The molecule has 0 aliphatic carbocycles. The van der Waals surface area contributed by atoms with Crippen LogP contribution in [0.15, 0.2) is 23.4 Å². The van der Waals surface area contributed by atoms with Crippen LogP contribution in [-0.2, 0) is 0 Å². The van der Waals surface area contributed by atoms with Crippen molar-refractivity contribution in [1.82, 2.24) is 9.88 Å². The zero-order chi connectivity index (χ0) is 14.8. The van der Waals surface area contributed by atoms with Crippen LogP contribution in [0.4, 0.5) is 0 Å². The molecule has 1 aromatic heterocycles. The average molecular weight is 292 g/mol. The molecule has 1 unspecified atom stereocenters. The first-order chi connectivity index (χ1) is 9.37. The fraction of sp³-hybridized carbons (Fsp3) is 0.706. The summed E-state index contributed by atoms with van der Waals surface area (Å²) in [5.74, 6) is 0. The summed E-state index contributed by atoms with van der Waals surface area (Å²) in [5.41, 5.74) is 1.39. The molecule has 3 heteroatoms. The number of piperidine rings is 1. The molecule has 2 heterocycles. The zero-order valence-corrected chi connectivity index (χ0v) is 14.3. The van der Waals surface area contributed by atoms with Gasteiger partial charge in [0.15, 0.2) is 0 Å². The Labute approximate surface area is 128 Å². The number of hydrogen-bond acceptors (Lipinski definition) is 3. The Bertz CT molecular complexity index is 420. The van der Waals surface area contributed by atoms with Crippen LogP contribution in [0.1, 0.15) is 65.5 Å². The highest BCUT2D eigenvalue weighted by Crippen LogP contribution is 2.34. The Morgan fingerprint density at radius 1 is 1.25 bits per heavy atom. The van der Waals surface area contributed by atoms with E-state index in [9.17, 15) is 0 Å². The molecule has 0 spiro atoms. The molecule has 112 valence electrons. The van der Waals surface area contributed by atoms with Crippen LogP contribution in [0.3, 0.4) is 0 Å². The van der Waals surface area contributed by atoms with Gasteiger partial charge in [0.25, 0.3) is 0 Å². The van der Waals surface area contributed by atoms with Gasteiger partial charge in [-0.3, -0.25) is 4.90 Å². The second-order valence-electron chi connectivity index (χ2n) is 6.99. The van der Waals surface area contributed by atoms with E-state index in [1.165, 1.54) is 31.4 Å². The van der Waals surface area contributed by atoms with Gasteiger partial charge >= 0.3 is 0 Å². The maximum atomic E-state index is 4.67. The van der Waals surface area contributed by atoms with Crippen molar-refractivity contribution in [1.29, 1.82) is 0 Å². The van der Waals surface area contributed by atoms with Gasteiger partial charge in [0.1, 0.15) is 0 Å². The third-order valence-corrected chi connectivity index (χ3v) is 4.83. The van der Waals surface area contributed by atoms with Crippen LogP contribution in [0.5, 0.6) is 0 Å². The number of aromatic nitrogens is 1. The quantitative estimate of drug-likeness (QED) is 0.737. The van der Waals surface area contributed by atoms with Gasteiger partial charge in [-0.15, -0.1) is 11.8 Å². The summed E-state index contributed by atoms with van der Waals surface area (Å²) in [5, 5.41) is 1.13. The molecule has 2 nitrogen and oxygen atoms in total. The van der Waals surface area contributed by atoms with Gasteiger partial charge in [-0.25, -0.2) is 4.98 Å². The second kappa shape index (κ2) is 6.48. The molecule has 0 N–H and O–H groups in total. The Balaban J connectivity index is 2.12. The molecule has 1 atom stereocenters. The molecule has 1 aromatic rings. The normalized spacial score (nSPS) is 21.4. The van der Waals surface area contributed by atoms with Crippen LogP contribution >= 0.6 is 11.8 Å². The third-order valence-electron chi connectivity index (χ3n) is 3.76. The summed E-state index contributed by atoms with van der Waals surface area (Å²) < 4.78 is 0.226. The fourth-order valence-electron chi connectivity index (χ4n) is 2.89. The minimum atomic E-state index is 0.226. The van der Waals surface area contributed by atoms with Crippen LogP contribution in [-0.4, -0.2) is 27.2 Å². The van der Waals surface area contributed by atoms with Crippen LogP contribution in [0, 0.1) is 0 Å². The van der Waals surface area contributed by atoms with E-state index >= 15 is 0 Å². The number of likely N-dealkylation sites (tertiary alicyclic amines) is 1. The van der Waals surface area contributed by atoms with E-state index in [0.717, 1.165) is 5.03 Å². The van der Waals surface area contributed by atoms with Crippen molar-refractivity contribution in [3.8, 4) is 0 Å². The predicted molar refractivity (Wildman–Crippen MR) is 88.3 cm³/mol. The fourth-order valence-corrected chi connectivity index (χ4v) is 3.76. The van der Waals surface area contributed by atoms with Crippen molar-refractivity contribution < 1.29 is 0 Å². The Kier molecular flexibility index (Phi) is 5.14. The standard InChI is InChI=1S/C17H28N2S/c1-13(2)19-11-7-6-8-15(19)14-9-10-16(18-12-14)20-17(3,4)5/h9-10,12-13,15H,6-8,11H2,1-5H3. The lowest BCUT2D eigenvalue weighted by atomic mass is 9.95. The van der Waals surface area contributed by atoms with Crippen molar-refractivity contribution in [2.24, 2.45) is 0 Å². The number of nitrogens with zero attached hydrogens (tertiary/aromatic N) is 2. The molecule has 0 saturated carbocycles. The molecule has 1 fully saturated rings. The summed E-state index contributed by atoms with van der Waals surface area (Å²) in [6.07, 6.45) is 6.04. The first kappa shape index (κ1) is 15.8. The molecule has 0 bridgehead atoms. The molecule has 0 aromatic carbocycles. The van der Waals surface area contributed by atoms with Gasteiger partial charge < -0.3 is 0 Å². The van der Waals surface area contributed by atoms with Crippen LogP contribution in [0.2, 0.25) is 0 Å². The molecule has 1 aliphatic rings. The average Bonchev–Trinajstić information content (AvgIpc) is 2.38. The van der Waals surface area contributed by atoms with Crippen molar-refractivity contribution >= 4 is 11.8 Å². The van der Waals surface area contributed by atoms with E-state index in [1.54, 1.807) is 0 Å². The maximum Gasteiger partial charge on any atom is 0.0965 e. The van der Waals surface area contributed by atoms with Gasteiger partial charge in [0.05, 0.1) is 5.03 Å². The Morgan fingerprint density at radius 3 is 2.55 bits per heavy atom. The maximum absolute atomic E-state index is 4.67. The number of thioether (sulfide) groups is 1. The monoisotopic (exact) mass is 292 g/mol. The van der Waals surface area contributed by atoms with Crippen molar-refractivity contribution in [3.05, 3.63) is 23.9 Å². The summed E-state index contributed by atoms with van der Waals surface area (Å²) in [6.45, 7) is 12.5. The minimum Gasteiger partial charge on any atom is -0.294 e. The zero-order valence-electron chi connectivity index (χ0n) is 13.5. The topological polar surface area (TPSA) is 16.1 Å². The third kappa shape index (κ3) is 4.23. The molecule has 20 heavy (non-hydrogen) atoms. The van der Waals surface area contributed by atoms with E-state index in [-0.39, 0.29) is 4.75 Å². The summed E-state index contributed by atoms with van der Waals surface area (Å²) in [6, 6.07) is 5.65. The van der Waals surface area contributed by atoms with Crippen LogP contribution in [0.25, 0.3) is 0 Å². The molecule has 2 rings (SSSR count). The number of rotatable bonds is 3. The molecule has 0 radical (unpaired) electrons. The van der Waals surface area contributed by atoms with E-state index in [2.05, 4.69) is 62.8 Å². The van der Waals surface area contributed by atoms with Gasteiger partial charge in [0.2, 0.25) is 0 Å². The molecule has 1 saturated heterocycles. The van der Waals surface area contributed by atoms with E-state index in [0.29, 0.717) is 12.1 Å². The second-order valence-corrected chi connectivity index (χ2v) is 8.83. The number of pyridine rings is 1. The lowest BCUT2D eigenvalue weighted by Crippen LogP contribution is -2.38. The van der Waals surface area contributed by atoms with Gasteiger partial charge in [-0.05, 0) is 44.9 Å². The smallest absolute Gasteiger partial charge is 0.0965 e. The van der Waals surface area contributed by atoms with E-state index < -0.39 is 0 Å². The molecular formula is C17H28N2S. The summed E-state index contributed by atoms with van der Waals surface area (Å²) in [7, 11) is 0. The molecule has 1 aliphatic heterocycles. The first-order valence-electron chi connectivity index (χ1n) is 7.77. The molecular weight excluding hydrogens is 264 g/mol. The Hall–Kier alpha value is -0.540. The highest BCUT2D eigenvalue weighted by Gasteiger charge is 2.26. The van der Waals surface area contributed by atoms with Crippen molar-refractivity contribution in [3.63, 3.8) is 0 Å². The van der Waals surface area contributed by atoms with Gasteiger partial charge in [-0.1, -0.05) is 33.3 Å². The highest BCUT2D eigenvalue weighted by molar-refractivity contribution is 8.00. The largest absolute Gasteiger partial charge is 0.294 e. The number of hydrogen-bond donors (Lipinski definition) is 0. The summed E-state index contributed by atoms with van der Waals surface area (Å²) >= 11 is 1.84. The van der Waals surface area contributed by atoms with E-state index in [1.807, 2.05) is 11.8 Å². The first-order valence-corrected chi connectivity index (χ1v) is 8.59. The lowest BCUT2D eigenvalue weighted by Gasteiger charge is -2.38. The van der Waals surface area contributed by atoms with Crippen molar-refractivity contribution in [2.75, 3.05) is 6.54 Å². The molecule has 0 amide bonds. The summed E-state index contributed by atoms with van der Waals surface area (Å²) in [4.78, 5) is 7.29. The Morgan fingerprint density at radius 2 is 2.00 bits per heavy atom. The van der Waals surface area contributed by atoms with Crippen LogP contribution < -0.4 is 0 Å². The van der Waals surface area contributed by atoms with Crippen molar-refractivity contribution in [2.45, 2.75) is 75.7 Å². The predicted octanol–water partition coefficient (Wildman–Crippen LogP) is 4.91.